The Morgan fingerprint density at radius 1 is 1.39 bits per heavy atom. The monoisotopic (exact) mass is 248 g/mol. The quantitative estimate of drug-likeness (QED) is 0.600. The van der Waals surface area contributed by atoms with Crippen molar-refractivity contribution in [3.8, 4) is 5.75 Å². The van der Waals surface area contributed by atoms with Gasteiger partial charge in [0, 0.05) is 6.04 Å². The smallest absolute Gasteiger partial charge is 0.119 e. The van der Waals surface area contributed by atoms with Crippen LogP contribution in [0.25, 0.3) is 0 Å². The van der Waals surface area contributed by atoms with Gasteiger partial charge in [-0.05, 0) is 42.9 Å². The Morgan fingerprint density at radius 2 is 2.17 bits per heavy atom. The normalized spacial score (nSPS) is 17.9. The van der Waals surface area contributed by atoms with Crippen molar-refractivity contribution >= 4 is 0 Å². The molecule has 1 fully saturated rings. The molecule has 1 aromatic rings. The van der Waals surface area contributed by atoms with Gasteiger partial charge in [0.1, 0.15) is 5.75 Å². The topological polar surface area (TPSA) is 47.3 Å². The van der Waals surface area contributed by atoms with E-state index in [1.165, 1.54) is 31.2 Å². The fourth-order valence-corrected chi connectivity index (χ4v) is 2.81. The lowest BCUT2D eigenvalue weighted by molar-refractivity contribution is 0.315. The van der Waals surface area contributed by atoms with Crippen LogP contribution in [-0.2, 0) is 0 Å². The second-order valence-corrected chi connectivity index (χ2v) is 5.11. The van der Waals surface area contributed by atoms with Crippen molar-refractivity contribution in [2.45, 2.75) is 45.1 Å². The predicted molar refractivity (Wildman–Crippen MR) is 74.3 cm³/mol. The van der Waals surface area contributed by atoms with Crippen molar-refractivity contribution < 1.29 is 4.74 Å². The van der Waals surface area contributed by atoms with E-state index < -0.39 is 0 Å². The van der Waals surface area contributed by atoms with Gasteiger partial charge in [-0.2, -0.15) is 0 Å². The summed E-state index contributed by atoms with van der Waals surface area (Å²) >= 11 is 0. The molecule has 0 aliphatic heterocycles. The minimum absolute atomic E-state index is 0.262. The third kappa shape index (κ3) is 3.24. The van der Waals surface area contributed by atoms with Crippen molar-refractivity contribution in [1.82, 2.24) is 5.43 Å². The molecule has 0 saturated heterocycles. The number of benzene rings is 1. The molecule has 1 saturated carbocycles. The van der Waals surface area contributed by atoms with Gasteiger partial charge in [-0.3, -0.25) is 11.3 Å². The summed E-state index contributed by atoms with van der Waals surface area (Å²) < 4.78 is 5.68. The van der Waals surface area contributed by atoms with E-state index in [2.05, 4.69) is 30.5 Å². The molecule has 1 atom stereocenters. The summed E-state index contributed by atoms with van der Waals surface area (Å²) in [6.45, 7) is 2.89. The van der Waals surface area contributed by atoms with Crippen LogP contribution in [0.15, 0.2) is 24.3 Å². The molecule has 1 unspecified atom stereocenters. The molecule has 1 aliphatic carbocycles. The Kier molecular flexibility index (Phi) is 5.02. The summed E-state index contributed by atoms with van der Waals surface area (Å²) in [7, 11) is 0. The van der Waals surface area contributed by atoms with E-state index in [4.69, 9.17) is 10.6 Å². The van der Waals surface area contributed by atoms with Crippen LogP contribution >= 0.6 is 0 Å². The number of hydrogen-bond acceptors (Lipinski definition) is 3. The molecule has 0 heterocycles. The first kappa shape index (κ1) is 13.4. The Bertz CT molecular complexity index is 361. The van der Waals surface area contributed by atoms with Crippen LogP contribution in [0.1, 0.15) is 50.6 Å². The maximum Gasteiger partial charge on any atom is 0.119 e. The summed E-state index contributed by atoms with van der Waals surface area (Å²) in [5.41, 5.74) is 4.24. The van der Waals surface area contributed by atoms with Gasteiger partial charge in [0.05, 0.1) is 6.61 Å². The van der Waals surface area contributed by atoms with Gasteiger partial charge in [-0.1, -0.05) is 31.9 Å². The lowest BCUT2D eigenvalue weighted by atomic mass is 9.92. The number of hydrogen-bond donors (Lipinski definition) is 2. The van der Waals surface area contributed by atoms with E-state index in [0.717, 1.165) is 18.8 Å². The van der Waals surface area contributed by atoms with E-state index in [1.807, 2.05) is 6.07 Å². The largest absolute Gasteiger partial charge is 0.494 e. The van der Waals surface area contributed by atoms with Crippen LogP contribution in [0, 0.1) is 5.92 Å². The first-order chi connectivity index (χ1) is 8.85. The molecule has 100 valence electrons. The van der Waals surface area contributed by atoms with E-state index in [9.17, 15) is 0 Å². The van der Waals surface area contributed by atoms with E-state index in [0.29, 0.717) is 5.92 Å². The average molecular weight is 248 g/mol. The fourth-order valence-electron chi connectivity index (χ4n) is 2.81. The Balaban J connectivity index is 2.09. The molecule has 3 N–H and O–H groups in total. The van der Waals surface area contributed by atoms with Gasteiger partial charge in [0.2, 0.25) is 0 Å². The summed E-state index contributed by atoms with van der Waals surface area (Å²) in [5, 5.41) is 0. The maximum absolute atomic E-state index is 5.74. The number of nitrogens with two attached hydrogens (primary N) is 1. The highest BCUT2D eigenvalue weighted by Gasteiger charge is 2.25. The van der Waals surface area contributed by atoms with E-state index in [-0.39, 0.29) is 6.04 Å². The SMILES string of the molecule is CCCOc1cccc(C(NN)C2CCCC2)c1. The lowest BCUT2D eigenvalue weighted by Gasteiger charge is -2.23. The first-order valence-corrected chi connectivity index (χ1v) is 7.04. The zero-order valence-corrected chi connectivity index (χ0v) is 11.2. The van der Waals surface area contributed by atoms with Crippen LogP contribution in [-0.4, -0.2) is 6.61 Å². The second-order valence-electron chi connectivity index (χ2n) is 5.11. The van der Waals surface area contributed by atoms with Gasteiger partial charge in [-0.15, -0.1) is 0 Å². The fraction of sp³-hybridized carbons (Fsp3) is 0.600. The zero-order valence-electron chi connectivity index (χ0n) is 11.2. The first-order valence-electron chi connectivity index (χ1n) is 7.04. The van der Waals surface area contributed by atoms with Gasteiger partial charge < -0.3 is 4.74 Å². The Labute approximate surface area is 110 Å². The molecule has 0 aromatic heterocycles. The van der Waals surface area contributed by atoms with Crippen LogP contribution in [0.5, 0.6) is 5.75 Å². The van der Waals surface area contributed by atoms with Crippen LogP contribution in [0.3, 0.4) is 0 Å². The highest BCUT2D eigenvalue weighted by molar-refractivity contribution is 5.31. The standard InChI is InChI=1S/C15H24N2O/c1-2-10-18-14-9-5-8-13(11-14)15(17-16)12-6-3-4-7-12/h5,8-9,11-12,15,17H,2-4,6-7,10,16H2,1H3. The maximum atomic E-state index is 5.74. The van der Waals surface area contributed by atoms with Crippen molar-refractivity contribution in [2.24, 2.45) is 11.8 Å². The minimum atomic E-state index is 0.262. The molecule has 0 radical (unpaired) electrons. The minimum Gasteiger partial charge on any atom is -0.494 e. The van der Waals surface area contributed by atoms with Gasteiger partial charge in [0.25, 0.3) is 0 Å². The summed E-state index contributed by atoms with van der Waals surface area (Å²) in [4.78, 5) is 0. The molecule has 3 heteroatoms. The summed E-state index contributed by atoms with van der Waals surface area (Å²) in [6.07, 6.45) is 6.24. The molecular formula is C15H24N2O. The molecule has 1 aromatic carbocycles. The van der Waals surface area contributed by atoms with Crippen molar-refractivity contribution in [3.63, 3.8) is 0 Å². The highest BCUT2D eigenvalue weighted by Crippen LogP contribution is 2.36. The highest BCUT2D eigenvalue weighted by atomic mass is 16.5. The molecule has 18 heavy (non-hydrogen) atoms. The molecule has 0 amide bonds. The summed E-state index contributed by atoms with van der Waals surface area (Å²) in [6, 6.07) is 8.60. The van der Waals surface area contributed by atoms with E-state index in [1.54, 1.807) is 0 Å². The lowest BCUT2D eigenvalue weighted by Crippen LogP contribution is -2.32. The number of nitrogens with one attached hydrogen (secondary N) is 1. The summed E-state index contributed by atoms with van der Waals surface area (Å²) in [5.74, 6) is 7.36. The van der Waals surface area contributed by atoms with Crippen molar-refractivity contribution in [2.75, 3.05) is 6.61 Å². The third-order valence-corrected chi connectivity index (χ3v) is 3.74. The molecule has 2 rings (SSSR count). The Hall–Kier alpha value is -1.06. The molecular weight excluding hydrogens is 224 g/mol. The third-order valence-electron chi connectivity index (χ3n) is 3.74. The zero-order chi connectivity index (χ0) is 12.8. The molecule has 3 nitrogen and oxygen atoms in total. The molecule has 0 spiro atoms. The molecule has 0 bridgehead atoms. The van der Waals surface area contributed by atoms with Crippen molar-refractivity contribution in [3.05, 3.63) is 29.8 Å². The number of hydrazine groups is 1. The number of rotatable bonds is 6. The predicted octanol–water partition coefficient (Wildman–Crippen LogP) is 3.17. The van der Waals surface area contributed by atoms with Crippen LogP contribution < -0.4 is 16.0 Å². The van der Waals surface area contributed by atoms with E-state index >= 15 is 0 Å². The van der Waals surface area contributed by atoms with Crippen LogP contribution in [0.2, 0.25) is 0 Å². The van der Waals surface area contributed by atoms with Gasteiger partial charge in [0.15, 0.2) is 0 Å². The average Bonchev–Trinajstić information content (AvgIpc) is 2.92. The van der Waals surface area contributed by atoms with Gasteiger partial charge in [-0.25, -0.2) is 0 Å². The molecule has 1 aliphatic rings. The number of ether oxygens (including phenoxy) is 1. The second kappa shape index (κ2) is 6.76. The van der Waals surface area contributed by atoms with Crippen molar-refractivity contribution in [1.29, 1.82) is 0 Å². The van der Waals surface area contributed by atoms with Crippen LogP contribution in [0.4, 0.5) is 0 Å². The Morgan fingerprint density at radius 3 is 2.83 bits per heavy atom. The van der Waals surface area contributed by atoms with Gasteiger partial charge >= 0.3 is 0 Å².